The minimum atomic E-state index is -0.341. The fraction of sp³-hybridized carbons (Fsp3) is 0.250. The van der Waals surface area contributed by atoms with Crippen LogP contribution in [-0.2, 0) is 13.5 Å². The maximum absolute atomic E-state index is 12.5. The zero-order valence-electron chi connectivity index (χ0n) is 14.4. The molecule has 3 aromatic rings. The Morgan fingerprint density at radius 1 is 1.20 bits per heavy atom. The standard InChI is InChI=1S/C20H21N3O2/c1-14(10-11-15-7-4-3-5-8-15)22-19(24)17-13-16-9-6-12-21-18(16)23(2)20(17)25/h3-9,12-14H,10-11H2,1-2H3,(H,22,24). The molecule has 0 fully saturated rings. The van der Waals surface area contributed by atoms with E-state index in [1.807, 2.05) is 31.2 Å². The molecular weight excluding hydrogens is 314 g/mol. The van der Waals surface area contributed by atoms with Gasteiger partial charge < -0.3 is 5.32 Å². The molecule has 2 aromatic heterocycles. The fourth-order valence-electron chi connectivity index (χ4n) is 2.86. The molecule has 25 heavy (non-hydrogen) atoms. The molecule has 0 aliphatic carbocycles. The Balaban J connectivity index is 1.73. The zero-order valence-corrected chi connectivity index (χ0v) is 14.4. The molecule has 1 amide bonds. The van der Waals surface area contributed by atoms with Gasteiger partial charge >= 0.3 is 0 Å². The van der Waals surface area contributed by atoms with E-state index in [9.17, 15) is 9.59 Å². The van der Waals surface area contributed by atoms with Crippen LogP contribution in [0.3, 0.4) is 0 Å². The topological polar surface area (TPSA) is 64.0 Å². The number of aromatic nitrogens is 2. The maximum Gasteiger partial charge on any atom is 0.264 e. The van der Waals surface area contributed by atoms with Gasteiger partial charge in [0.15, 0.2) is 0 Å². The molecule has 0 bridgehead atoms. The summed E-state index contributed by atoms with van der Waals surface area (Å²) in [4.78, 5) is 29.2. The van der Waals surface area contributed by atoms with Crippen LogP contribution in [0.25, 0.3) is 11.0 Å². The highest BCUT2D eigenvalue weighted by Crippen LogP contribution is 2.10. The summed E-state index contributed by atoms with van der Waals surface area (Å²) in [5.41, 5.74) is 1.62. The SMILES string of the molecule is CC(CCc1ccccc1)NC(=O)c1cc2cccnc2n(C)c1=O. The Morgan fingerprint density at radius 2 is 1.96 bits per heavy atom. The third-order valence-corrected chi connectivity index (χ3v) is 4.30. The van der Waals surface area contributed by atoms with Gasteiger partial charge in [0.25, 0.3) is 11.5 Å². The highest BCUT2D eigenvalue weighted by atomic mass is 16.2. The summed E-state index contributed by atoms with van der Waals surface area (Å²) in [6.07, 6.45) is 3.32. The van der Waals surface area contributed by atoms with Crippen LogP contribution in [0.1, 0.15) is 29.3 Å². The first-order valence-electron chi connectivity index (χ1n) is 8.36. The van der Waals surface area contributed by atoms with E-state index in [-0.39, 0.29) is 23.1 Å². The summed E-state index contributed by atoms with van der Waals surface area (Å²) < 4.78 is 1.42. The summed E-state index contributed by atoms with van der Waals surface area (Å²) in [5, 5.41) is 3.70. The second kappa shape index (κ2) is 7.30. The lowest BCUT2D eigenvalue weighted by atomic mass is 10.1. The monoisotopic (exact) mass is 335 g/mol. The number of fused-ring (bicyclic) bond motifs is 1. The van der Waals surface area contributed by atoms with Crippen molar-refractivity contribution < 1.29 is 4.79 Å². The zero-order chi connectivity index (χ0) is 17.8. The average Bonchev–Trinajstić information content (AvgIpc) is 2.64. The Bertz CT molecular complexity index is 948. The summed E-state index contributed by atoms with van der Waals surface area (Å²) in [6, 6.07) is 15.4. The van der Waals surface area contributed by atoms with Crippen molar-refractivity contribution in [2.45, 2.75) is 25.8 Å². The van der Waals surface area contributed by atoms with Crippen LogP contribution in [0.15, 0.2) is 59.5 Å². The number of amides is 1. The molecule has 5 heteroatoms. The minimum absolute atomic E-state index is 0.0259. The lowest BCUT2D eigenvalue weighted by Crippen LogP contribution is -2.37. The molecule has 3 rings (SSSR count). The first-order chi connectivity index (χ1) is 12.1. The van der Waals surface area contributed by atoms with Crippen molar-refractivity contribution in [3.8, 4) is 0 Å². The molecule has 2 heterocycles. The Hall–Kier alpha value is -2.95. The second-order valence-corrected chi connectivity index (χ2v) is 6.24. The molecule has 5 nitrogen and oxygen atoms in total. The van der Waals surface area contributed by atoms with Gasteiger partial charge in [-0.1, -0.05) is 30.3 Å². The highest BCUT2D eigenvalue weighted by molar-refractivity contribution is 5.97. The third-order valence-electron chi connectivity index (χ3n) is 4.30. The minimum Gasteiger partial charge on any atom is -0.349 e. The van der Waals surface area contributed by atoms with Crippen LogP contribution < -0.4 is 10.9 Å². The maximum atomic E-state index is 12.5. The van der Waals surface area contributed by atoms with Crippen LogP contribution in [0.5, 0.6) is 0 Å². The van der Waals surface area contributed by atoms with Crippen molar-refractivity contribution in [3.05, 3.63) is 76.2 Å². The molecule has 1 atom stereocenters. The molecule has 0 aliphatic heterocycles. The summed E-state index contributed by atoms with van der Waals surface area (Å²) in [5.74, 6) is -0.341. The van der Waals surface area contributed by atoms with Crippen molar-refractivity contribution in [1.82, 2.24) is 14.9 Å². The van der Waals surface area contributed by atoms with E-state index in [4.69, 9.17) is 0 Å². The molecule has 128 valence electrons. The van der Waals surface area contributed by atoms with Gasteiger partial charge in [0, 0.05) is 24.7 Å². The molecule has 0 radical (unpaired) electrons. The molecule has 1 N–H and O–H groups in total. The normalized spacial score (nSPS) is 12.1. The number of carbonyl (C=O) groups is 1. The number of hydrogen-bond donors (Lipinski definition) is 1. The van der Waals surface area contributed by atoms with Gasteiger partial charge in [0.2, 0.25) is 0 Å². The van der Waals surface area contributed by atoms with Gasteiger partial charge in [-0.2, -0.15) is 0 Å². The quantitative estimate of drug-likeness (QED) is 0.780. The average molecular weight is 335 g/mol. The summed E-state index contributed by atoms with van der Waals surface area (Å²) >= 11 is 0. The van der Waals surface area contributed by atoms with Crippen molar-refractivity contribution in [2.24, 2.45) is 7.05 Å². The molecule has 0 spiro atoms. The van der Waals surface area contributed by atoms with Gasteiger partial charge in [0.1, 0.15) is 11.2 Å². The van der Waals surface area contributed by atoms with Gasteiger partial charge in [-0.3, -0.25) is 14.2 Å². The first-order valence-corrected chi connectivity index (χ1v) is 8.36. The van der Waals surface area contributed by atoms with Gasteiger partial charge in [0.05, 0.1) is 0 Å². The number of pyridine rings is 2. The third kappa shape index (κ3) is 3.76. The van der Waals surface area contributed by atoms with Crippen LogP contribution in [0, 0.1) is 0 Å². The second-order valence-electron chi connectivity index (χ2n) is 6.24. The van der Waals surface area contributed by atoms with Crippen LogP contribution in [0.4, 0.5) is 0 Å². The van der Waals surface area contributed by atoms with Gasteiger partial charge in [-0.15, -0.1) is 0 Å². The van der Waals surface area contributed by atoms with E-state index in [1.54, 1.807) is 25.4 Å². The molecular formula is C20H21N3O2. The largest absolute Gasteiger partial charge is 0.349 e. The summed E-state index contributed by atoms with van der Waals surface area (Å²) in [7, 11) is 1.63. The van der Waals surface area contributed by atoms with E-state index >= 15 is 0 Å². The highest BCUT2D eigenvalue weighted by Gasteiger charge is 2.16. The fourth-order valence-corrected chi connectivity index (χ4v) is 2.86. The van der Waals surface area contributed by atoms with Crippen LogP contribution in [-0.4, -0.2) is 21.5 Å². The van der Waals surface area contributed by atoms with Crippen LogP contribution in [0.2, 0.25) is 0 Å². The van der Waals surface area contributed by atoms with Gasteiger partial charge in [-0.05, 0) is 43.5 Å². The Kier molecular flexibility index (Phi) is 4.93. The van der Waals surface area contributed by atoms with Gasteiger partial charge in [-0.25, -0.2) is 4.98 Å². The molecule has 0 saturated carbocycles. The van der Waals surface area contributed by atoms with E-state index in [1.165, 1.54) is 10.1 Å². The number of hydrogen-bond acceptors (Lipinski definition) is 3. The molecule has 1 unspecified atom stereocenters. The first kappa shape index (κ1) is 16.9. The number of rotatable bonds is 5. The number of carbonyl (C=O) groups excluding carboxylic acids is 1. The van der Waals surface area contributed by atoms with Crippen molar-refractivity contribution in [1.29, 1.82) is 0 Å². The Labute approximate surface area is 146 Å². The van der Waals surface area contributed by atoms with E-state index < -0.39 is 0 Å². The lowest BCUT2D eigenvalue weighted by molar-refractivity contribution is 0.0936. The number of aryl methyl sites for hydroxylation is 2. The number of benzene rings is 1. The molecule has 1 aromatic carbocycles. The van der Waals surface area contributed by atoms with E-state index in [0.29, 0.717) is 5.65 Å². The predicted octanol–water partition coefficient (Wildman–Crippen LogP) is 2.68. The van der Waals surface area contributed by atoms with E-state index in [0.717, 1.165) is 18.2 Å². The lowest BCUT2D eigenvalue weighted by Gasteiger charge is -2.14. The van der Waals surface area contributed by atoms with Crippen LogP contribution >= 0.6 is 0 Å². The molecule has 0 aliphatic rings. The molecule has 0 saturated heterocycles. The van der Waals surface area contributed by atoms with Crippen molar-refractivity contribution in [3.63, 3.8) is 0 Å². The van der Waals surface area contributed by atoms with Crippen molar-refractivity contribution in [2.75, 3.05) is 0 Å². The van der Waals surface area contributed by atoms with E-state index in [2.05, 4.69) is 22.4 Å². The number of nitrogens with one attached hydrogen (secondary N) is 1. The Morgan fingerprint density at radius 3 is 2.72 bits per heavy atom. The predicted molar refractivity (Wildman–Crippen MR) is 98.7 cm³/mol. The smallest absolute Gasteiger partial charge is 0.264 e. The van der Waals surface area contributed by atoms with Crippen molar-refractivity contribution >= 4 is 16.9 Å². The summed E-state index contributed by atoms with van der Waals surface area (Å²) in [6.45, 7) is 1.95. The number of nitrogens with zero attached hydrogens (tertiary/aromatic N) is 2.